The molecule has 5 aromatic rings. The Morgan fingerprint density at radius 1 is 0.667 bits per heavy atom. The van der Waals surface area contributed by atoms with Gasteiger partial charge in [-0.3, -0.25) is 0 Å². The summed E-state index contributed by atoms with van der Waals surface area (Å²) in [6.45, 7) is 0.728. The quantitative estimate of drug-likeness (QED) is 0.407. The predicted octanol–water partition coefficient (Wildman–Crippen LogP) is 5.61. The number of oxazole rings is 1. The number of anilines is 1. The first-order valence-electron chi connectivity index (χ1n) is 9.94. The fourth-order valence-corrected chi connectivity index (χ4v) is 3.33. The highest BCUT2D eigenvalue weighted by Crippen LogP contribution is 2.29. The van der Waals surface area contributed by atoms with Crippen LogP contribution in [0.25, 0.3) is 34.1 Å². The minimum atomic E-state index is 0.538. The first kappa shape index (κ1) is 18.1. The summed E-state index contributed by atoms with van der Waals surface area (Å²) in [6, 6.07) is 30.1. The van der Waals surface area contributed by atoms with E-state index in [1.807, 2.05) is 78.9 Å². The van der Waals surface area contributed by atoms with E-state index in [-0.39, 0.29) is 0 Å². The minimum absolute atomic E-state index is 0.538. The summed E-state index contributed by atoms with van der Waals surface area (Å²) in [7, 11) is 0. The Kier molecular flexibility index (Phi) is 4.92. The summed E-state index contributed by atoms with van der Waals surface area (Å²) in [4.78, 5) is 14.1. The third-order valence-corrected chi connectivity index (χ3v) is 4.86. The average molecular weight is 392 g/mol. The van der Waals surface area contributed by atoms with E-state index in [2.05, 4.69) is 27.4 Å². The molecular weight excluding hydrogens is 372 g/mol. The number of hydrogen-bond acceptors (Lipinski definition) is 5. The molecule has 0 aliphatic carbocycles. The lowest BCUT2D eigenvalue weighted by Crippen LogP contribution is -2.07. The van der Waals surface area contributed by atoms with Crippen LogP contribution in [0.3, 0.4) is 0 Å². The molecule has 0 aliphatic rings. The van der Waals surface area contributed by atoms with Crippen LogP contribution in [0, 0.1) is 0 Å². The number of benzene rings is 3. The smallest absolute Gasteiger partial charge is 0.229 e. The highest BCUT2D eigenvalue weighted by molar-refractivity contribution is 5.84. The molecule has 5 rings (SSSR count). The van der Waals surface area contributed by atoms with E-state index >= 15 is 0 Å². The highest BCUT2D eigenvalue weighted by Gasteiger charge is 2.17. The lowest BCUT2D eigenvalue weighted by Gasteiger charge is -2.08. The number of nitrogens with one attached hydrogen (secondary N) is 1. The molecular formula is C25H20N4O. The van der Waals surface area contributed by atoms with Crippen molar-refractivity contribution in [1.29, 1.82) is 0 Å². The van der Waals surface area contributed by atoms with E-state index in [9.17, 15) is 0 Å². The van der Waals surface area contributed by atoms with Crippen LogP contribution in [0.1, 0.15) is 5.56 Å². The SMILES string of the molecule is c1ccc(CCNc2nc(-c3ccccc3)nc3nc(-c4ccccc4)oc23)cc1. The largest absolute Gasteiger partial charge is 0.430 e. The predicted molar refractivity (Wildman–Crippen MR) is 119 cm³/mol. The van der Waals surface area contributed by atoms with Crippen molar-refractivity contribution in [2.24, 2.45) is 0 Å². The van der Waals surface area contributed by atoms with Crippen molar-refractivity contribution in [2.45, 2.75) is 6.42 Å². The van der Waals surface area contributed by atoms with Crippen LogP contribution in [0.2, 0.25) is 0 Å². The molecule has 5 heteroatoms. The van der Waals surface area contributed by atoms with Gasteiger partial charge in [-0.2, -0.15) is 4.98 Å². The standard InChI is InChI=1S/C25H20N4O/c1-4-10-18(11-5-1)16-17-26-23-21-24(28-22(27-23)19-12-6-2-7-13-19)29-25(30-21)20-14-8-3-9-15-20/h1-15H,16-17H2,(H,26,27,28). The first-order chi connectivity index (χ1) is 14.9. The van der Waals surface area contributed by atoms with Crippen molar-refractivity contribution in [3.8, 4) is 22.8 Å². The molecule has 0 fully saturated rings. The van der Waals surface area contributed by atoms with Gasteiger partial charge in [-0.25, -0.2) is 9.97 Å². The molecule has 5 nitrogen and oxygen atoms in total. The van der Waals surface area contributed by atoms with Gasteiger partial charge in [0.25, 0.3) is 0 Å². The number of aromatic nitrogens is 3. The molecule has 0 aliphatic heterocycles. The molecule has 0 saturated carbocycles. The lowest BCUT2D eigenvalue weighted by molar-refractivity contribution is 0.619. The summed E-state index contributed by atoms with van der Waals surface area (Å²) >= 11 is 0. The van der Waals surface area contributed by atoms with Crippen LogP contribution >= 0.6 is 0 Å². The van der Waals surface area contributed by atoms with Gasteiger partial charge in [0.1, 0.15) is 0 Å². The average Bonchev–Trinajstić information content (AvgIpc) is 3.25. The molecule has 146 valence electrons. The van der Waals surface area contributed by atoms with Gasteiger partial charge < -0.3 is 9.73 Å². The summed E-state index contributed by atoms with van der Waals surface area (Å²) in [5.74, 6) is 1.82. The van der Waals surface area contributed by atoms with E-state index in [1.165, 1.54) is 5.56 Å². The molecule has 0 unspecified atom stereocenters. The summed E-state index contributed by atoms with van der Waals surface area (Å²) in [6.07, 6.45) is 0.882. The van der Waals surface area contributed by atoms with Crippen LogP contribution in [0.15, 0.2) is 95.4 Å². The van der Waals surface area contributed by atoms with Crippen molar-refractivity contribution in [3.63, 3.8) is 0 Å². The molecule has 0 spiro atoms. The van der Waals surface area contributed by atoms with Gasteiger partial charge in [0.05, 0.1) is 0 Å². The molecule has 0 saturated heterocycles. The first-order valence-corrected chi connectivity index (χ1v) is 9.94. The van der Waals surface area contributed by atoms with Gasteiger partial charge in [0.2, 0.25) is 17.1 Å². The normalized spacial score (nSPS) is 10.9. The highest BCUT2D eigenvalue weighted by atomic mass is 16.3. The molecule has 0 bridgehead atoms. The molecule has 2 heterocycles. The van der Waals surface area contributed by atoms with Gasteiger partial charge in [-0.15, -0.1) is 0 Å². The Hall–Kier alpha value is -3.99. The Balaban J connectivity index is 1.53. The topological polar surface area (TPSA) is 63.8 Å². The molecule has 0 atom stereocenters. The van der Waals surface area contributed by atoms with E-state index in [4.69, 9.17) is 9.40 Å². The van der Waals surface area contributed by atoms with Gasteiger partial charge in [0.15, 0.2) is 11.6 Å². The maximum atomic E-state index is 6.08. The summed E-state index contributed by atoms with van der Waals surface area (Å²) < 4.78 is 6.08. The lowest BCUT2D eigenvalue weighted by atomic mass is 10.1. The van der Waals surface area contributed by atoms with Crippen LogP contribution in [-0.2, 0) is 6.42 Å². The second kappa shape index (κ2) is 8.17. The third kappa shape index (κ3) is 3.78. The Morgan fingerprint density at radius 2 is 1.30 bits per heavy atom. The van der Waals surface area contributed by atoms with Crippen molar-refractivity contribution < 1.29 is 4.42 Å². The fourth-order valence-electron chi connectivity index (χ4n) is 3.33. The summed E-state index contributed by atoms with van der Waals surface area (Å²) in [5, 5.41) is 3.43. The fraction of sp³-hybridized carbons (Fsp3) is 0.0800. The van der Waals surface area contributed by atoms with Crippen LogP contribution in [0.4, 0.5) is 5.82 Å². The molecule has 0 radical (unpaired) electrons. The second-order valence-electron chi connectivity index (χ2n) is 6.96. The Bertz CT molecular complexity index is 1250. The number of nitrogens with zero attached hydrogens (tertiary/aromatic N) is 3. The zero-order valence-corrected chi connectivity index (χ0v) is 16.3. The van der Waals surface area contributed by atoms with Gasteiger partial charge in [-0.1, -0.05) is 78.9 Å². The maximum absolute atomic E-state index is 6.08. The van der Waals surface area contributed by atoms with Gasteiger partial charge in [-0.05, 0) is 24.1 Å². The monoisotopic (exact) mass is 392 g/mol. The zero-order valence-electron chi connectivity index (χ0n) is 16.3. The molecule has 0 amide bonds. The Morgan fingerprint density at radius 3 is 2.00 bits per heavy atom. The van der Waals surface area contributed by atoms with Crippen LogP contribution in [-0.4, -0.2) is 21.5 Å². The number of hydrogen-bond donors (Lipinski definition) is 1. The second-order valence-corrected chi connectivity index (χ2v) is 6.96. The maximum Gasteiger partial charge on any atom is 0.229 e. The van der Waals surface area contributed by atoms with Crippen molar-refractivity contribution in [1.82, 2.24) is 15.0 Å². The number of fused-ring (bicyclic) bond motifs is 1. The Labute approximate surface area is 174 Å². The van der Waals surface area contributed by atoms with E-state index < -0.39 is 0 Å². The van der Waals surface area contributed by atoms with Crippen molar-refractivity contribution >= 4 is 17.0 Å². The van der Waals surface area contributed by atoms with Crippen molar-refractivity contribution in [2.75, 3.05) is 11.9 Å². The van der Waals surface area contributed by atoms with Crippen LogP contribution in [0.5, 0.6) is 0 Å². The molecule has 3 aromatic carbocycles. The number of rotatable bonds is 6. The van der Waals surface area contributed by atoms with Crippen molar-refractivity contribution in [3.05, 3.63) is 96.6 Å². The zero-order chi connectivity index (χ0) is 20.2. The third-order valence-electron chi connectivity index (χ3n) is 4.86. The van der Waals surface area contributed by atoms with E-state index in [0.717, 1.165) is 24.1 Å². The molecule has 30 heavy (non-hydrogen) atoms. The molecule has 1 N–H and O–H groups in total. The van der Waals surface area contributed by atoms with E-state index in [0.29, 0.717) is 28.8 Å². The minimum Gasteiger partial charge on any atom is -0.430 e. The van der Waals surface area contributed by atoms with E-state index in [1.54, 1.807) is 0 Å². The van der Waals surface area contributed by atoms with Gasteiger partial charge >= 0.3 is 0 Å². The summed E-state index contributed by atoms with van der Waals surface area (Å²) in [5.41, 5.74) is 4.23. The van der Waals surface area contributed by atoms with Crippen LogP contribution < -0.4 is 5.32 Å². The molecule has 2 aromatic heterocycles. The van der Waals surface area contributed by atoms with Gasteiger partial charge in [0, 0.05) is 17.7 Å².